The Kier molecular flexibility index (Phi) is 5.12. The molecule has 0 aliphatic heterocycles. The highest BCUT2D eigenvalue weighted by Crippen LogP contribution is 2.29. The number of hydrogen-bond donors (Lipinski definition) is 1. The number of amides is 1. The number of carbonyl (C=O) groups is 1. The van der Waals surface area contributed by atoms with Gasteiger partial charge < -0.3 is 10.6 Å². The van der Waals surface area contributed by atoms with Crippen LogP contribution in [0.1, 0.15) is 31.7 Å². The monoisotopic (exact) mass is 278 g/mol. The topological polar surface area (TPSA) is 46.3 Å². The zero-order chi connectivity index (χ0) is 14.5. The second-order valence-corrected chi connectivity index (χ2v) is 5.48. The van der Waals surface area contributed by atoms with Crippen LogP contribution in [0.15, 0.2) is 24.3 Å². The van der Waals surface area contributed by atoms with Crippen molar-refractivity contribution in [1.82, 2.24) is 4.90 Å². The van der Waals surface area contributed by atoms with Gasteiger partial charge in [0, 0.05) is 12.6 Å². The molecule has 110 valence electrons. The fourth-order valence-corrected chi connectivity index (χ4v) is 3.22. The summed E-state index contributed by atoms with van der Waals surface area (Å²) in [7, 11) is 0. The Balaban J connectivity index is 2.05. The molecule has 1 aromatic rings. The van der Waals surface area contributed by atoms with Gasteiger partial charge in [-0.25, -0.2) is 4.39 Å². The lowest BCUT2D eigenvalue weighted by Gasteiger charge is -2.32. The first-order valence-electron chi connectivity index (χ1n) is 7.39. The van der Waals surface area contributed by atoms with Gasteiger partial charge in [-0.3, -0.25) is 4.79 Å². The van der Waals surface area contributed by atoms with Gasteiger partial charge in [0.2, 0.25) is 5.91 Å². The number of benzene rings is 1. The highest BCUT2D eigenvalue weighted by atomic mass is 19.1. The van der Waals surface area contributed by atoms with Crippen molar-refractivity contribution in [3.8, 4) is 0 Å². The van der Waals surface area contributed by atoms with Gasteiger partial charge in [0.15, 0.2) is 0 Å². The van der Waals surface area contributed by atoms with E-state index in [0.717, 1.165) is 24.8 Å². The van der Waals surface area contributed by atoms with E-state index in [-0.39, 0.29) is 24.2 Å². The molecule has 0 aromatic heterocycles. The molecule has 1 aliphatic carbocycles. The molecule has 1 aliphatic rings. The van der Waals surface area contributed by atoms with E-state index in [4.69, 9.17) is 5.73 Å². The van der Waals surface area contributed by atoms with Crippen molar-refractivity contribution in [2.45, 2.75) is 38.6 Å². The molecule has 2 unspecified atom stereocenters. The maximum absolute atomic E-state index is 13.2. The standard InChI is InChI=1S/C16H23FN2O/c1-2-19(15-8-4-6-13(15)11-18)16(20)10-12-5-3-7-14(17)9-12/h3,5,7,9,13,15H,2,4,6,8,10-11,18H2,1H3. The number of nitrogens with zero attached hydrogens (tertiary/aromatic N) is 1. The van der Waals surface area contributed by atoms with Crippen LogP contribution in [0, 0.1) is 11.7 Å². The summed E-state index contributed by atoms with van der Waals surface area (Å²) < 4.78 is 13.2. The number of hydrogen-bond acceptors (Lipinski definition) is 2. The Morgan fingerprint density at radius 2 is 2.25 bits per heavy atom. The molecule has 3 nitrogen and oxygen atoms in total. The van der Waals surface area contributed by atoms with Gasteiger partial charge in [-0.05, 0) is 49.9 Å². The molecule has 0 heterocycles. The highest BCUT2D eigenvalue weighted by Gasteiger charge is 2.32. The summed E-state index contributed by atoms with van der Waals surface area (Å²) in [5, 5.41) is 0. The molecule has 1 saturated carbocycles. The molecule has 1 aromatic carbocycles. The Labute approximate surface area is 120 Å². The minimum Gasteiger partial charge on any atom is -0.339 e. The van der Waals surface area contributed by atoms with Crippen molar-refractivity contribution in [3.63, 3.8) is 0 Å². The van der Waals surface area contributed by atoms with Crippen molar-refractivity contribution in [2.75, 3.05) is 13.1 Å². The molecule has 0 bridgehead atoms. The van der Waals surface area contributed by atoms with E-state index < -0.39 is 0 Å². The molecule has 1 amide bonds. The maximum atomic E-state index is 13.2. The molecule has 2 rings (SSSR count). The quantitative estimate of drug-likeness (QED) is 0.898. The van der Waals surface area contributed by atoms with E-state index in [9.17, 15) is 9.18 Å². The fourth-order valence-electron chi connectivity index (χ4n) is 3.22. The van der Waals surface area contributed by atoms with Crippen LogP contribution >= 0.6 is 0 Å². The fraction of sp³-hybridized carbons (Fsp3) is 0.562. The molecule has 1 fully saturated rings. The summed E-state index contributed by atoms with van der Waals surface area (Å²) in [6.45, 7) is 3.32. The number of likely N-dealkylation sites (N-methyl/N-ethyl adjacent to an activating group) is 1. The number of carbonyl (C=O) groups excluding carboxylic acids is 1. The van der Waals surface area contributed by atoms with Crippen molar-refractivity contribution in [2.24, 2.45) is 11.7 Å². The second kappa shape index (κ2) is 6.84. The molecular weight excluding hydrogens is 255 g/mol. The molecule has 0 radical (unpaired) electrons. The number of rotatable bonds is 5. The van der Waals surface area contributed by atoms with E-state index in [1.807, 2.05) is 11.8 Å². The molecule has 2 atom stereocenters. The lowest BCUT2D eigenvalue weighted by molar-refractivity contribution is -0.133. The van der Waals surface area contributed by atoms with Gasteiger partial charge in [0.1, 0.15) is 5.82 Å². The molecule has 4 heteroatoms. The third-order valence-corrected chi connectivity index (χ3v) is 4.23. The average molecular weight is 278 g/mol. The van der Waals surface area contributed by atoms with Crippen molar-refractivity contribution in [1.29, 1.82) is 0 Å². The summed E-state index contributed by atoms with van der Waals surface area (Å²) in [5.41, 5.74) is 6.53. The summed E-state index contributed by atoms with van der Waals surface area (Å²) in [6.07, 6.45) is 3.53. The van der Waals surface area contributed by atoms with Crippen LogP contribution in [0.3, 0.4) is 0 Å². The van der Waals surface area contributed by atoms with Crippen LogP contribution in [0.5, 0.6) is 0 Å². The van der Waals surface area contributed by atoms with Gasteiger partial charge in [-0.15, -0.1) is 0 Å². The van der Waals surface area contributed by atoms with Crippen LogP contribution in [-0.4, -0.2) is 29.9 Å². The Bertz CT molecular complexity index is 464. The first kappa shape index (κ1) is 15.0. The maximum Gasteiger partial charge on any atom is 0.227 e. The zero-order valence-electron chi connectivity index (χ0n) is 12.0. The van der Waals surface area contributed by atoms with E-state index >= 15 is 0 Å². The Morgan fingerprint density at radius 1 is 1.45 bits per heavy atom. The average Bonchev–Trinajstić information content (AvgIpc) is 2.88. The number of halogens is 1. The normalized spacial score (nSPS) is 21.9. The van der Waals surface area contributed by atoms with Crippen molar-refractivity contribution >= 4 is 5.91 Å². The minimum absolute atomic E-state index is 0.0726. The summed E-state index contributed by atoms with van der Waals surface area (Å²) in [5.74, 6) is 0.189. The number of nitrogens with two attached hydrogens (primary N) is 1. The van der Waals surface area contributed by atoms with E-state index in [2.05, 4.69) is 0 Å². The minimum atomic E-state index is -0.293. The third-order valence-electron chi connectivity index (χ3n) is 4.23. The van der Waals surface area contributed by atoms with Gasteiger partial charge in [-0.1, -0.05) is 18.6 Å². The van der Waals surface area contributed by atoms with Crippen LogP contribution in [0.4, 0.5) is 4.39 Å². The van der Waals surface area contributed by atoms with E-state index in [1.54, 1.807) is 12.1 Å². The van der Waals surface area contributed by atoms with E-state index in [0.29, 0.717) is 19.0 Å². The smallest absolute Gasteiger partial charge is 0.227 e. The van der Waals surface area contributed by atoms with Gasteiger partial charge in [0.25, 0.3) is 0 Å². The SMILES string of the molecule is CCN(C(=O)Cc1cccc(F)c1)C1CCCC1CN. The second-order valence-electron chi connectivity index (χ2n) is 5.48. The van der Waals surface area contributed by atoms with Crippen LogP contribution in [0.25, 0.3) is 0 Å². The summed E-state index contributed by atoms with van der Waals surface area (Å²) in [6, 6.07) is 6.52. The summed E-state index contributed by atoms with van der Waals surface area (Å²) in [4.78, 5) is 14.4. The predicted molar refractivity (Wildman–Crippen MR) is 77.7 cm³/mol. The molecule has 2 N–H and O–H groups in total. The zero-order valence-corrected chi connectivity index (χ0v) is 12.0. The van der Waals surface area contributed by atoms with Crippen molar-refractivity contribution in [3.05, 3.63) is 35.6 Å². The molecule has 0 saturated heterocycles. The Hall–Kier alpha value is -1.42. The lowest BCUT2D eigenvalue weighted by Crippen LogP contribution is -2.44. The van der Waals surface area contributed by atoms with Crippen LogP contribution in [-0.2, 0) is 11.2 Å². The predicted octanol–water partition coefficient (Wildman–Crippen LogP) is 2.34. The summed E-state index contributed by atoms with van der Waals surface area (Å²) >= 11 is 0. The largest absolute Gasteiger partial charge is 0.339 e. The third kappa shape index (κ3) is 3.37. The van der Waals surface area contributed by atoms with Crippen molar-refractivity contribution < 1.29 is 9.18 Å². The first-order chi connectivity index (χ1) is 9.65. The van der Waals surface area contributed by atoms with Gasteiger partial charge in [-0.2, -0.15) is 0 Å². The van der Waals surface area contributed by atoms with Gasteiger partial charge in [0.05, 0.1) is 6.42 Å². The van der Waals surface area contributed by atoms with E-state index in [1.165, 1.54) is 12.1 Å². The Morgan fingerprint density at radius 3 is 2.90 bits per heavy atom. The van der Waals surface area contributed by atoms with Crippen LogP contribution in [0.2, 0.25) is 0 Å². The highest BCUT2D eigenvalue weighted by molar-refractivity contribution is 5.79. The van der Waals surface area contributed by atoms with Gasteiger partial charge >= 0.3 is 0 Å². The molecule has 20 heavy (non-hydrogen) atoms. The molecular formula is C16H23FN2O. The lowest BCUT2D eigenvalue weighted by atomic mass is 10.0. The first-order valence-corrected chi connectivity index (χ1v) is 7.39. The molecule has 0 spiro atoms. The van der Waals surface area contributed by atoms with Crippen LogP contribution < -0.4 is 5.73 Å².